The molecule has 1 aliphatic heterocycles. The first-order valence-corrected chi connectivity index (χ1v) is 16.6. The second-order valence-electron chi connectivity index (χ2n) is 11.5. The van der Waals surface area contributed by atoms with E-state index < -0.39 is 66.1 Å². The maximum absolute atomic E-state index is 13.9. The lowest BCUT2D eigenvalue weighted by molar-refractivity contribution is -0.0620. The molecular formula is C38H27FN2O9S. The number of H-pyrrole nitrogens is 1. The molecule has 4 atom stereocenters. The predicted molar refractivity (Wildman–Crippen MR) is 184 cm³/mol. The van der Waals surface area contributed by atoms with Crippen molar-refractivity contribution in [3.63, 3.8) is 0 Å². The van der Waals surface area contributed by atoms with E-state index in [2.05, 4.69) is 4.98 Å². The molecule has 2 aromatic heterocycles. The zero-order valence-electron chi connectivity index (χ0n) is 26.5. The summed E-state index contributed by atoms with van der Waals surface area (Å²) >= 11 is 1.04. The molecule has 1 fully saturated rings. The number of nitrogens with one attached hydrogen (secondary N) is 1. The normalized spacial score (nSPS) is 18.3. The summed E-state index contributed by atoms with van der Waals surface area (Å²) in [5.41, 5.74) is -0.0295. The van der Waals surface area contributed by atoms with Crippen LogP contribution in [0, 0.1) is 5.82 Å². The van der Waals surface area contributed by atoms with Crippen LogP contribution in [0.25, 0.3) is 21.3 Å². The Balaban J connectivity index is 1.36. The summed E-state index contributed by atoms with van der Waals surface area (Å²) in [7, 11) is 0. The van der Waals surface area contributed by atoms with Crippen molar-refractivity contribution >= 4 is 39.5 Å². The minimum Gasteiger partial charge on any atom is -0.459 e. The third-order valence-corrected chi connectivity index (χ3v) is 9.21. The largest absolute Gasteiger partial charge is 0.459 e. The number of benzene rings is 4. The molecule has 0 radical (unpaired) electrons. The van der Waals surface area contributed by atoms with Gasteiger partial charge in [0.2, 0.25) is 0 Å². The Hall–Kier alpha value is -6.18. The molecule has 0 unspecified atom stereocenters. The molecule has 0 spiro atoms. The maximum atomic E-state index is 13.9. The number of thiophene rings is 1. The Labute approximate surface area is 292 Å². The van der Waals surface area contributed by atoms with Crippen molar-refractivity contribution in [3.05, 3.63) is 164 Å². The number of hydrogen-bond acceptors (Lipinski definition) is 10. The molecule has 0 aliphatic carbocycles. The summed E-state index contributed by atoms with van der Waals surface area (Å²) in [5.74, 6) is -2.81. The van der Waals surface area contributed by atoms with Crippen molar-refractivity contribution in [2.75, 3.05) is 6.61 Å². The highest BCUT2D eigenvalue weighted by Crippen LogP contribution is 2.39. The first-order chi connectivity index (χ1) is 24.8. The molecule has 51 heavy (non-hydrogen) atoms. The fraction of sp³-hybridized carbons (Fsp3) is 0.132. The van der Waals surface area contributed by atoms with Gasteiger partial charge in [-0.05, 0) is 54.1 Å². The van der Waals surface area contributed by atoms with Gasteiger partial charge >= 0.3 is 23.6 Å². The number of rotatable bonds is 9. The van der Waals surface area contributed by atoms with Gasteiger partial charge in [-0.25, -0.2) is 23.6 Å². The van der Waals surface area contributed by atoms with E-state index in [1.807, 2.05) is 0 Å². The average molecular weight is 707 g/mol. The van der Waals surface area contributed by atoms with E-state index in [0.717, 1.165) is 15.9 Å². The lowest BCUT2D eigenvalue weighted by Gasteiger charge is -2.25. The van der Waals surface area contributed by atoms with Crippen LogP contribution >= 0.6 is 11.3 Å². The predicted octanol–water partition coefficient (Wildman–Crippen LogP) is 5.76. The number of carbonyl (C=O) groups is 3. The molecule has 6 aromatic rings. The molecule has 0 bridgehead atoms. The van der Waals surface area contributed by atoms with Gasteiger partial charge in [0.25, 0.3) is 5.56 Å². The van der Waals surface area contributed by atoms with Gasteiger partial charge in [-0.3, -0.25) is 14.3 Å². The Morgan fingerprint density at radius 3 is 1.82 bits per heavy atom. The maximum Gasteiger partial charge on any atom is 0.338 e. The SMILES string of the molecule is O=C(OC[C@H]1O[C@@H](n2c(=O)[nH]c(=O)c3scc(-c4ccc(F)cc4)c32)[C@H](OC(=O)c2ccccc2)[C@@H]1OC(=O)c1ccccc1)c1ccccc1. The zero-order chi connectivity index (χ0) is 35.5. The molecule has 13 heteroatoms. The second-order valence-corrected chi connectivity index (χ2v) is 12.3. The van der Waals surface area contributed by atoms with Crippen LogP contribution in [-0.4, -0.2) is 52.4 Å². The van der Waals surface area contributed by atoms with E-state index in [9.17, 15) is 28.4 Å². The summed E-state index contributed by atoms with van der Waals surface area (Å²) in [4.78, 5) is 69.4. The van der Waals surface area contributed by atoms with E-state index in [0.29, 0.717) is 11.1 Å². The molecule has 1 saturated heterocycles. The summed E-state index contributed by atoms with van der Waals surface area (Å²) in [5, 5.41) is 1.63. The number of carbonyl (C=O) groups excluding carboxylic acids is 3. The van der Waals surface area contributed by atoms with E-state index in [1.54, 1.807) is 72.1 Å². The average Bonchev–Trinajstić information content (AvgIpc) is 3.74. The van der Waals surface area contributed by atoms with Crippen LogP contribution in [0.2, 0.25) is 0 Å². The molecule has 1 N–H and O–H groups in total. The third kappa shape index (κ3) is 6.84. The summed E-state index contributed by atoms with van der Waals surface area (Å²) in [6.45, 7) is -0.480. The van der Waals surface area contributed by atoms with Gasteiger partial charge in [-0.1, -0.05) is 66.7 Å². The van der Waals surface area contributed by atoms with Crippen LogP contribution in [0.5, 0.6) is 0 Å². The third-order valence-electron chi connectivity index (χ3n) is 8.24. The van der Waals surface area contributed by atoms with Crippen LogP contribution in [0.4, 0.5) is 4.39 Å². The highest BCUT2D eigenvalue weighted by molar-refractivity contribution is 7.17. The first-order valence-electron chi connectivity index (χ1n) is 15.7. The quantitative estimate of drug-likeness (QED) is 0.147. The van der Waals surface area contributed by atoms with Gasteiger partial charge in [0.05, 0.1) is 22.2 Å². The highest BCUT2D eigenvalue weighted by Gasteiger charge is 2.52. The van der Waals surface area contributed by atoms with Gasteiger partial charge in [-0.2, -0.15) is 0 Å². The van der Waals surface area contributed by atoms with Crippen molar-refractivity contribution in [3.8, 4) is 11.1 Å². The first kappa shape index (κ1) is 33.3. The topological polar surface area (TPSA) is 143 Å². The van der Waals surface area contributed by atoms with Gasteiger partial charge in [0.1, 0.15) is 23.2 Å². The zero-order valence-corrected chi connectivity index (χ0v) is 27.3. The smallest absolute Gasteiger partial charge is 0.338 e. The van der Waals surface area contributed by atoms with E-state index in [1.165, 1.54) is 48.5 Å². The van der Waals surface area contributed by atoms with Crippen molar-refractivity contribution < 1.29 is 37.7 Å². The number of fused-ring (bicyclic) bond motifs is 1. The van der Waals surface area contributed by atoms with Crippen molar-refractivity contribution in [1.29, 1.82) is 0 Å². The molecule has 256 valence electrons. The lowest BCUT2D eigenvalue weighted by Crippen LogP contribution is -2.43. The fourth-order valence-corrected chi connectivity index (χ4v) is 6.77. The number of aromatic nitrogens is 2. The molecule has 0 saturated carbocycles. The molecule has 0 amide bonds. The van der Waals surface area contributed by atoms with Crippen LogP contribution in [0.1, 0.15) is 37.3 Å². The highest BCUT2D eigenvalue weighted by atomic mass is 32.1. The number of ether oxygens (including phenoxy) is 4. The van der Waals surface area contributed by atoms with Gasteiger partial charge in [0, 0.05) is 10.9 Å². The molecule has 4 aromatic carbocycles. The Bertz CT molecular complexity index is 2330. The van der Waals surface area contributed by atoms with Gasteiger partial charge < -0.3 is 18.9 Å². The monoisotopic (exact) mass is 706 g/mol. The molecule has 11 nitrogen and oxygen atoms in total. The van der Waals surface area contributed by atoms with Crippen LogP contribution in [0.15, 0.2) is 130 Å². The summed E-state index contributed by atoms with van der Waals surface area (Å²) in [6.07, 6.45) is -5.74. The lowest BCUT2D eigenvalue weighted by atomic mass is 10.1. The number of hydrogen-bond donors (Lipinski definition) is 1. The number of esters is 3. The minimum atomic E-state index is -1.52. The summed E-state index contributed by atoms with van der Waals surface area (Å²) in [6, 6.07) is 29.7. The summed E-state index contributed by atoms with van der Waals surface area (Å²) < 4.78 is 39.1. The Morgan fingerprint density at radius 2 is 1.25 bits per heavy atom. The van der Waals surface area contributed by atoms with Gasteiger partial charge in [0.15, 0.2) is 18.4 Å². The fourth-order valence-electron chi connectivity index (χ4n) is 5.81. The van der Waals surface area contributed by atoms with Gasteiger partial charge in [-0.15, -0.1) is 11.3 Å². The molecule has 7 rings (SSSR count). The number of nitrogens with zero attached hydrogens (tertiary/aromatic N) is 1. The van der Waals surface area contributed by atoms with E-state index in [4.69, 9.17) is 18.9 Å². The minimum absolute atomic E-state index is 0.112. The van der Waals surface area contributed by atoms with E-state index in [-0.39, 0.29) is 26.9 Å². The van der Waals surface area contributed by atoms with Crippen LogP contribution in [-0.2, 0) is 18.9 Å². The van der Waals surface area contributed by atoms with Crippen molar-refractivity contribution in [1.82, 2.24) is 9.55 Å². The molecular weight excluding hydrogens is 679 g/mol. The Kier molecular flexibility index (Phi) is 9.38. The van der Waals surface area contributed by atoms with Crippen LogP contribution < -0.4 is 11.2 Å². The van der Waals surface area contributed by atoms with Crippen LogP contribution in [0.3, 0.4) is 0 Å². The van der Waals surface area contributed by atoms with Crippen molar-refractivity contribution in [2.24, 2.45) is 0 Å². The number of halogens is 1. The second kappa shape index (κ2) is 14.4. The Morgan fingerprint density at radius 1 is 0.725 bits per heavy atom. The standard InChI is InChI=1S/C38H27FN2O9S/c39-26-18-16-22(17-19-26)27-21-51-32-29(27)41(38(46)40-33(32)42)34-31(50-37(45)25-14-8-3-9-15-25)30(49-36(44)24-12-6-2-7-13-24)28(48-34)20-47-35(43)23-10-4-1-5-11-23/h1-19,21,28,30-31,34H,20H2,(H,40,42,46)/t28-,30-,31-,34-/m1/s1. The molecule has 1 aliphatic rings. The van der Waals surface area contributed by atoms with E-state index >= 15 is 0 Å². The number of aromatic amines is 1. The van der Waals surface area contributed by atoms with Crippen molar-refractivity contribution in [2.45, 2.75) is 24.5 Å². The molecule has 3 heterocycles.